The molecule has 3 N–H and O–H groups in total. The van der Waals surface area contributed by atoms with Crippen molar-refractivity contribution in [1.82, 2.24) is 9.55 Å². The first-order chi connectivity index (χ1) is 9.49. The molecular formula is C11H12BrIN2O5. The maximum absolute atomic E-state index is 11.8. The van der Waals surface area contributed by atoms with Crippen molar-refractivity contribution >= 4 is 44.6 Å². The van der Waals surface area contributed by atoms with Crippen molar-refractivity contribution in [2.45, 2.75) is 22.4 Å². The molecule has 1 fully saturated rings. The van der Waals surface area contributed by atoms with E-state index < -0.39 is 29.7 Å². The molecule has 1 aliphatic heterocycles. The number of H-pyrrole nitrogens is 1. The van der Waals surface area contributed by atoms with Crippen LogP contribution in [0.2, 0.25) is 0 Å². The van der Waals surface area contributed by atoms with E-state index in [2.05, 4.69) is 20.9 Å². The zero-order chi connectivity index (χ0) is 14.9. The minimum atomic E-state index is -0.961. The normalized spacial score (nSPS) is 30.2. The molecule has 1 aliphatic rings. The summed E-state index contributed by atoms with van der Waals surface area (Å²) >= 11 is 5.02. The van der Waals surface area contributed by atoms with E-state index in [1.165, 1.54) is 17.3 Å². The molecule has 0 bridgehead atoms. The molecule has 9 heteroatoms. The summed E-state index contributed by atoms with van der Waals surface area (Å²) in [7, 11) is 0. The first-order valence-electron chi connectivity index (χ1n) is 5.70. The van der Waals surface area contributed by atoms with E-state index in [-0.39, 0.29) is 16.1 Å². The first-order valence-corrected chi connectivity index (χ1v) is 7.86. The molecule has 0 amide bonds. The molecule has 0 spiro atoms. The van der Waals surface area contributed by atoms with Gasteiger partial charge in [-0.2, -0.15) is 0 Å². The second-order valence-corrected chi connectivity index (χ2v) is 6.19. The lowest BCUT2D eigenvalue weighted by Crippen LogP contribution is -2.37. The maximum Gasteiger partial charge on any atom is 0.330 e. The summed E-state index contributed by atoms with van der Waals surface area (Å²) in [5.74, 6) is 0. The molecule has 1 aromatic rings. The van der Waals surface area contributed by atoms with Gasteiger partial charge in [0, 0.05) is 6.20 Å². The third-order valence-corrected chi connectivity index (χ3v) is 4.78. The molecule has 1 unspecified atom stereocenters. The number of nitrogens with one attached hydrogen (secondary N) is 1. The van der Waals surface area contributed by atoms with Crippen LogP contribution in [0.3, 0.4) is 0 Å². The van der Waals surface area contributed by atoms with Crippen molar-refractivity contribution in [3.8, 4) is 0 Å². The van der Waals surface area contributed by atoms with Crippen molar-refractivity contribution < 1.29 is 14.9 Å². The van der Waals surface area contributed by atoms with Crippen LogP contribution in [0.1, 0.15) is 11.8 Å². The summed E-state index contributed by atoms with van der Waals surface area (Å²) in [6.45, 7) is -0.257. The SMILES string of the molecule is O=c1[nH]c(=O)n([C@@H]2O[C@H](CO)C(I)[C@H]2O)cc1/C=C/Br. The lowest BCUT2D eigenvalue weighted by atomic mass is 10.2. The Morgan fingerprint density at radius 1 is 1.55 bits per heavy atom. The summed E-state index contributed by atoms with van der Waals surface area (Å²) in [6, 6.07) is 0. The van der Waals surface area contributed by atoms with E-state index in [1.54, 1.807) is 0 Å². The quantitative estimate of drug-likeness (QED) is 0.435. The van der Waals surface area contributed by atoms with Gasteiger partial charge in [-0.05, 0) is 11.1 Å². The lowest BCUT2D eigenvalue weighted by Gasteiger charge is -2.17. The zero-order valence-corrected chi connectivity index (χ0v) is 13.8. The molecule has 0 aromatic carbocycles. The number of aromatic amines is 1. The van der Waals surface area contributed by atoms with Crippen LogP contribution >= 0.6 is 38.5 Å². The number of aliphatic hydroxyl groups excluding tert-OH is 2. The highest BCUT2D eigenvalue weighted by molar-refractivity contribution is 14.1. The van der Waals surface area contributed by atoms with E-state index in [4.69, 9.17) is 9.84 Å². The Kier molecular flexibility index (Phi) is 5.18. The Morgan fingerprint density at radius 2 is 2.25 bits per heavy atom. The van der Waals surface area contributed by atoms with Gasteiger partial charge in [0.2, 0.25) is 0 Å². The van der Waals surface area contributed by atoms with Crippen LogP contribution in [0, 0.1) is 0 Å². The molecule has 20 heavy (non-hydrogen) atoms. The number of hydrogen-bond donors (Lipinski definition) is 3. The van der Waals surface area contributed by atoms with Gasteiger partial charge >= 0.3 is 5.69 Å². The fourth-order valence-corrected chi connectivity index (χ4v) is 3.00. The highest BCUT2D eigenvalue weighted by Crippen LogP contribution is 2.33. The van der Waals surface area contributed by atoms with E-state index in [9.17, 15) is 14.7 Å². The Morgan fingerprint density at radius 3 is 2.80 bits per heavy atom. The topological polar surface area (TPSA) is 105 Å². The van der Waals surface area contributed by atoms with Crippen molar-refractivity contribution in [2.24, 2.45) is 0 Å². The number of alkyl halides is 1. The molecule has 0 saturated carbocycles. The Labute approximate surface area is 135 Å². The number of hydrogen-bond acceptors (Lipinski definition) is 5. The number of nitrogens with zero attached hydrogens (tertiary/aromatic N) is 1. The molecule has 2 heterocycles. The van der Waals surface area contributed by atoms with E-state index in [0.29, 0.717) is 0 Å². The predicted octanol–water partition coefficient (Wildman–Crippen LogP) is -0.0436. The number of halogens is 2. The van der Waals surface area contributed by atoms with Crippen LogP contribution in [0.25, 0.3) is 6.08 Å². The smallest absolute Gasteiger partial charge is 0.330 e. The average molecular weight is 459 g/mol. The van der Waals surface area contributed by atoms with Crippen LogP contribution in [0.15, 0.2) is 20.8 Å². The predicted molar refractivity (Wildman–Crippen MR) is 84.1 cm³/mol. The van der Waals surface area contributed by atoms with Gasteiger partial charge in [-0.25, -0.2) is 4.79 Å². The van der Waals surface area contributed by atoms with Gasteiger partial charge in [0.1, 0.15) is 6.10 Å². The molecular weight excluding hydrogens is 447 g/mol. The fraction of sp³-hybridized carbons (Fsp3) is 0.455. The van der Waals surface area contributed by atoms with Gasteiger partial charge in [-0.1, -0.05) is 38.5 Å². The minimum Gasteiger partial charge on any atom is -0.394 e. The molecule has 7 nitrogen and oxygen atoms in total. The van der Waals surface area contributed by atoms with Crippen molar-refractivity contribution in [2.75, 3.05) is 6.61 Å². The Balaban J connectivity index is 2.46. The Hall–Kier alpha value is -0.490. The van der Waals surface area contributed by atoms with Gasteiger partial charge in [0.05, 0.1) is 22.2 Å². The molecule has 110 valence electrons. The fourth-order valence-electron chi connectivity index (χ4n) is 1.96. The van der Waals surface area contributed by atoms with Crippen LogP contribution in [-0.2, 0) is 4.74 Å². The van der Waals surface area contributed by atoms with Crippen LogP contribution in [0.4, 0.5) is 0 Å². The minimum absolute atomic E-state index is 0.245. The number of aromatic nitrogens is 2. The third-order valence-electron chi connectivity index (χ3n) is 2.98. The molecule has 1 aromatic heterocycles. The van der Waals surface area contributed by atoms with E-state index in [1.807, 2.05) is 22.6 Å². The molecule has 0 radical (unpaired) electrons. The largest absolute Gasteiger partial charge is 0.394 e. The van der Waals surface area contributed by atoms with Gasteiger partial charge in [0.15, 0.2) is 6.23 Å². The lowest BCUT2D eigenvalue weighted by molar-refractivity contribution is -0.0530. The molecule has 0 aliphatic carbocycles. The molecule has 1 saturated heterocycles. The zero-order valence-electron chi connectivity index (χ0n) is 10.1. The summed E-state index contributed by atoms with van der Waals surface area (Å²) in [5.41, 5.74) is -0.957. The highest BCUT2D eigenvalue weighted by atomic mass is 127. The number of ether oxygens (including phenoxy) is 1. The van der Waals surface area contributed by atoms with Gasteiger partial charge in [-0.3, -0.25) is 14.3 Å². The van der Waals surface area contributed by atoms with E-state index in [0.717, 1.165) is 4.57 Å². The first kappa shape index (κ1) is 15.9. The van der Waals surface area contributed by atoms with Crippen LogP contribution in [-0.4, -0.2) is 42.5 Å². The van der Waals surface area contributed by atoms with Crippen LogP contribution < -0.4 is 11.2 Å². The average Bonchev–Trinajstić information content (AvgIpc) is 2.70. The third kappa shape index (κ3) is 2.91. The second kappa shape index (κ2) is 6.52. The maximum atomic E-state index is 11.8. The molecule has 2 rings (SSSR count). The number of rotatable bonds is 3. The van der Waals surface area contributed by atoms with Gasteiger partial charge < -0.3 is 14.9 Å². The van der Waals surface area contributed by atoms with Gasteiger partial charge in [0.25, 0.3) is 5.56 Å². The highest BCUT2D eigenvalue weighted by Gasteiger charge is 2.43. The Bertz CT molecular complexity index is 628. The summed E-state index contributed by atoms with van der Waals surface area (Å²) in [5, 5.41) is 19.3. The van der Waals surface area contributed by atoms with Crippen LogP contribution in [0.5, 0.6) is 0 Å². The summed E-state index contributed by atoms with van der Waals surface area (Å²) in [4.78, 5) is 27.1. The van der Waals surface area contributed by atoms with Crippen molar-refractivity contribution in [3.63, 3.8) is 0 Å². The van der Waals surface area contributed by atoms with Gasteiger partial charge in [-0.15, -0.1) is 0 Å². The van der Waals surface area contributed by atoms with E-state index >= 15 is 0 Å². The monoisotopic (exact) mass is 458 g/mol. The molecule has 4 atom stereocenters. The second-order valence-electron chi connectivity index (χ2n) is 4.23. The summed E-state index contributed by atoms with van der Waals surface area (Å²) < 4.78 is 6.24. The van der Waals surface area contributed by atoms with Crippen molar-refractivity contribution in [1.29, 1.82) is 0 Å². The summed E-state index contributed by atoms with van der Waals surface area (Å²) in [6.07, 6.45) is 0.319. The van der Waals surface area contributed by atoms with Crippen molar-refractivity contribution in [3.05, 3.63) is 37.6 Å². The standard InChI is InChI=1S/C11H12BrIN2O5/c12-2-1-5-3-15(11(19)14-9(5)18)10-8(17)7(13)6(4-16)20-10/h1-3,6-8,10,16-17H,4H2,(H,14,18,19)/b2-1+/t6-,7?,8-,10-/m1/s1. The number of aliphatic hydroxyl groups is 2.